The predicted molar refractivity (Wildman–Crippen MR) is 134 cm³/mol. The predicted octanol–water partition coefficient (Wildman–Crippen LogP) is 4.35. The number of amides is 1. The third-order valence-corrected chi connectivity index (χ3v) is 8.34. The first kappa shape index (κ1) is 25.6. The molecule has 0 spiro atoms. The van der Waals surface area contributed by atoms with E-state index in [4.69, 9.17) is 13.9 Å². The maximum atomic E-state index is 13.2. The molecule has 36 heavy (non-hydrogen) atoms. The number of anilines is 1. The zero-order valence-corrected chi connectivity index (χ0v) is 21.4. The summed E-state index contributed by atoms with van der Waals surface area (Å²) in [6.07, 6.45) is 4.98. The number of ether oxygens (including phenoxy) is 2. The van der Waals surface area contributed by atoms with E-state index in [0.29, 0.717) is 23.6 Å². The summed E-state index contributed by atoms with van der Waals surface area (Å²) < 4.78 is 44.2. The van der Waals surface area contributed by atoms with Gasteiger partial charge in [0, 0.05) is 18.2 Å². The number of benzene rings is 2. The Kier molecular flexibility index (Phi) is 7.90. The number of sulfonamides is 1. The molecule has 1 aliphatic rings. The molecule has 0 saturated heterocycles. The SMILES string of the molecule is CCN(C1CCCCC1)S(=O)(=O)c1ccc(C(=O)Nc2nnc(-c3cc(OC)ccc3OC)o2)cc1. The van der Waals surface area contributed by atoms with E-state index in [1.54, 1.807) is 22.5 Å². The summed E-state index contributed by atoms with van der Waals surface area (Å²) in [6.45, 7) is 2.26. The lowest BCUT2D eigenvalue weighted by Gasteiger charge is -2.32. The summed E-state index contributed by atoms with van der Waals surface area (Å²) in [5.41, 5.74) is 0.770. The second-order valence-electron chi connectivity index (χ2n) is 8.46. The lowest BCUT2D eigenvalue weighted by atomic mass is 9.95. The van der Waals surface area contributed by atoms with E-state index < -0.39 is 15.9 Å². The first-order chi connectivity index (χ1) is 17.4. The molecule has 192 valence electrons. The Labute approximate surface area is 210 Å². The number of hydrogen-bond donors (Lipinski definition) is 1. The summed E-state index contributed by atoms with van der Waals surface area (Å²) in [7, 11) is -0.597. The minimum Gasteiger partial charge on any atom is -0.497 e. The molecule has 1 N–H and O–H groups in total. The van der Waals surface area contributed by atoms with Crippen LogP contribution in [0.25, 0.3) is 11.5 Å². The van der Waals surface area contributed by atoms with E-state index in [-0.39, 0.29) is 28.4 Å². The van der Waals surface area contributed by atoms with Crippen LogP contribution < -0.4 is 14.8 Å². The summed E-state index contributed by atoms with van der Waals surface area (Å²) in [4.78, 5) is 12.9. The van der Waals surface area contributed by atoms with Gasteiger partial charge in [-0.2, -0.15) is 4.31 Å². The summed E-state index contributed by atoms with van der Waals surface area (Å²) in [5, 5.41) is 10.4. The van der Waals surface area contributed by atoms with E-state index in [1.807, 2.05) is 6.92 Å². The largest absolute Gasteiger partial charge is 0.497 e. The molecule has 0 unspecified atom stereocenters. The number of aromatic nitrogens is 2. The number of carbonyl (C=O) groups excluding carboxylic acids is 1. The van der Waals surface area contributed by atoms with E-state index in [9.17, 15) is 13.2 Å². The van der Waals surface area contributed by atoms with Crippen molar-refractivity contribution in [1.29, 1.82) is 0 Å². The molecule has 0 radical (unpaired) electrons. The summed E-state index contributed by atoms with van der Waals surface area (Å²) in [5.74, 6) is 0.717. The number of methoxy groups -OCH3 is 2. The molecule has 10 nitrogen and oxygen atoms in total. The maximum absolute atomic E-state index is 13.2. The van der Waals surface area contributed by atoms with Gasteiger partial charge in [0.15, 0.2) is 0 Å². The number of carbonyl (C=O) groups is 1. The van der Waals surface area contributed by atoms with Crippen LogP contribution in [0.1, 0.15) is 49.4 Å². The molecule has 11 heteroatoms. The fourth-order valence-corrected chi connectivity index (χ4v) is 6.13. The van der Waals surface area contributed by atoms with Crippen LogP contribution >= 0.6 is 0 Å². The van der Waals surface area contributed by atoms with Crippen molar-refractivity contribution in [2.45, 2.75) is 50.0 Å². The molecule has 1 amide bonds. The quantitative estimate of drug-likeness (QED) is 0.447. The second kappa shape index (κ2) is 11.1. The molecule has 2 aromatic carbocycles. The second-order valence-corrected chi connectivity index (χ2v) is 10.3. The highest BCUT2D eigenvalue weighted by molar-refractivity contribution is 7.89. The lowest BCUT2D eigenvalue weighted by Crippen LogP contribution is -2.41. The van der Waals surface area contributed by atoms with Crippen molar-refractivity contribution in [2.75, 3.05) is 26.1 Å². The van der Waals surface area contributed by atoms with Gasteiger partial charge in [-0.05, 0) is 55.3 Å². The molecule has 0 atom stereocenters. The van der Waals surface area contributed by atoms with Crippen molar-refractivity contribution in [1.82, 2.24) is 14.5 Å². The molecular formula is C25H30N4O6S. The minimum absolute atomic E-state index is 0.0201. The van der Waals surface area contributed by atoms with Crippen LogP contribution in [0.3, 0.4) is 0 Å². The smallest absolute Gasteiger partial charge is 0.322 e. The van der Waals surface area contributed by atoms with Crippen molar-refractivity contribution < 1.29 is 27.1 Å². The summed E-state index contributed by atoms with van der Waals surface area (Å²) >= 11 is 0. The van der Waals surface area contributed by atoms with Crippen molar-refractivity contribution in [3.8, 4) is 23.0 Å². The van der Waals surface area contributed by atoms with Gasteiger partial charge in [0.2, 0.25) is 10.0 Å². The van der Waals surface area contributed by atoms with Gasteiger partial charge in [-0.1, -0.05) is 31.3 Å². The normalized spacial score (nSPS) is 14.6. The topological polar surface area (TPSA) is 124 Å². The van der Waals surface area contributed by atoms with E-state index in [1.165, 1.54) is 38.5 Å². The van der Waals surface area contributed by atoms with Gasteiger partial charge < -0.3 is 13.9 Å². The standard InChI is InChI=1S/C25H30N4O6S/c1-4-29(18-8-6-5-7-9-18)36(31,32)20-13-10-17(11-14-20)23(30)26-25-28-27-24(35-25)21-16-19(33-2)12-15-22(21)34-3/h10-16,18H,4-9H2,1-3H3,(H,26,28,30). The number of rotatable bonds is 9. The Morgan fingerprint density at radius 1 is 1.06 bits per heavy atom. The summed E-state index contributed by atoms with van der Waals surface area (Å²) in [6, 6.07) is 10.9. The Hall–Kier alpha value is -3.44. The molecule has 4 rings (SSSR count). The number of hydrogen-bond acceptors (Lipinski definition) is 8. The van der Waals surface area contributed by atoms with Gasteiger partial charge in [-0.3, -0.25) is 10.1 Å². The molecular weight excluding hydrogens is 484 g/mol. The third kappa shape index (κ3) is 5.36. The number of nitrogens with zero attached hydrogens (tertiary/aromatic N) is 3. The van der Waals surface area contributed by atoms with Gasteiger partial charge in [-0.15, -0.1) is 5.10 Å². The van der Waals surface area contributed by atoms with E-state index in [2.05, 4.69) is 15.5 Å². The Bertz CT molecular complexity index is 1300. The fraction of sp³-hybridized carbons (Fsp3) is 0.400. The van der Waals surface area contributed by atoms with E-state index in [0.717, 1.165) is 32.1 Å². The van der Waals surface area contributed by atoms with Gasteiger partial charge in [-0.25, -0.2) is 8.42 Å². The third-order valence-electron chi connectivity index (χ3n) is 6.30. The zero-order valence-electron chi connectivity index (χ0n) is 20.6. The van der Waals surface area contributed by atoms with Crippen molar-refractivity contribution in [3.05, 3.63) is 48.0 Å². The van der Waals surface area contributed by atoms with Crippen LogP contribution in [0.15, 0.2) is 51.8 Å². The zero-order chi connectivity index (χ0) is 25.7. The minimum atomic E-state index is -3.65. The fourth-order valence-electron chi connectivity index (χ4n) is 4.44. The average Bonchev–Trinajstić information content (AvgIpc) is 3.37. The molecule has 1 saturated carbocycles. The first-order valence-corrected chi connectivity index (χ1v) is 13.3. The molecule has 0 aliphatic heterocycles. The molecule has 1 aliphatic carbocycles. The molecule has 1 aromatic heterocycles. The van der Waals surface area contributed by atoms with Gasteiger partial charge in [0.05, 0.1) is 24.7 Å². The monoisotopic (exact) mass is 514 g/mol. The first-order valence-electron chi connectivity index (χ1n) is 11.9. The molecule has 1 heterocycles. The van der Waals surface area contributed by atoms with Crippen LogP contribution in [0.2, 0.25) is 0 Å². The molecule has 0 bridgehead atoms. The Morgan fingerprint density at radius 3 is 2.42 bits per heavy atom. The Morgan fingerprint density at radius 2 is 1.78 bits per heavy atom. The van der Waals surface area contributed by atoms with Crippen LogP contribution in [0.4, 0.5) is 6.01 Å². The van der Waals surface area contributed by atoms with Crippen LogP contribution in [0, 0.1) is 0 Å². The van der Waals surface area contributed by atoms with Gasteiger partial charge in [0.1, 0.15) is 11.5 Å². The van der Waals surface area contributed by atoms with Gasteiger partial charge >= 0.3 is 6.01 Å². The van der Waals surface area contributed by atoms with Crippen molar-refractivity contribution >= 4 is 21.9 Å². The lowest BCUT2D eigenvalue weighted by molar-refractivity contribution is 0.102. The highest BCUT2D eigenvalue weighted by Gasteiger charge is 2.31. The van der Waals surface area contributed by atoms with Crippen molar-refractivity contribution in [2.24, 2.45) is 0 Å². The van der Waals surface area contributed by atoms with Crippen LogP contribution in [-0.2, 0) is 10.0 Å². The van der Waals surface area contributed by atoms with E-state index >= 15 is 0 Å². The van der Waals surface area contributed by atoms with Gasteiger partial charge in [0.25, 0.3) is 11.8 Å². The van der Waals surface area contributed by atoms with Crippen LogP contribution in [-0.4, -0.2) is 55.6 Å². The maximum Gasteiger partial charge on any atom is 0.322 e. The Balaban J connectivity index is 1.48. The van der Waals surface area contributed by atoms with Crippen molar-refractivity contribution in [3.63, 3.8) is 0 Å². The highest BCUT2D eigenvalue weighted by Crippen LogP contribution is 2.33. The number of nitrogens with one attached hydrogen (secondary N) is 1. The average molecular weight is 515 g/mol. The molecule has 3 aromatic rings. The van der Waals surface area contributed by atoms with Crippen LogP contribution in [0.5, 0.6) is 11.5 Å². The highest BCUT2D eigenvalue weighted by atomic mass is 32.2. The molecule has 1 fully saturated rings.